The predicted octanol–water partition coefficient (Wildman–Crippen LogP) is -1.48. The second kappa shape index (κ2) is 5.31. The third-order valence-corrected chi connectivity index (χ3v) is 2.23. The van der Waals surface area contributed by atoms with Crippen molar-refractivity contribution in [2.75, 3.05) is 19.7 Å². The molecule has 3 amide bonds. The Balaban J connectivity index is 2.28. The maximum Gasteiger partial charge on any atom is 0.341 e. The second-order valence-electron chi connectivity index (χ2n) is 3.42. The van der Waals surface area contributed by atoms with Crippen molar-refractivity contribution >= 4 is 17.9 Å². The molecule has 0 bridgehead atoms. The summed E-state index contributed by atoms with van der Waals surface area (Å²) in [5.41, 5.74) is 7.06. The van der Waals surface area contributed by atoms with Gasteiger partial charge >= 0.3 is 12.0 Å². The molecule has 8 heteroatoms. The van der Waals surface area contributed by atoms with Gasteiger partial charge < -0.3 is 15.7 Å². The lowest BCUT2D eigenvalue weighted by Crippen LogP contribution is -2.40. The molecule has 0 aromatic carbocycles. The van der Waals surface area contributed by atoms with Crippen molar-refractivity contribution in [1.82, 2.24) is 10.4 Å². The number of amides is 3. The Hall–Kier alpha value is -1.83. The van der Waals surface area contributed by atoms with E-state index in [0.717, 1.165) is 0 Å². The zero-order valence-electron chi connectivity index (χ0n) is 8.51. The van der Waals surface area contributed by atoms with Crippen molar-refractivity contribution in [2.45, 2.75) is 6.42 Å². The van der Waals surface area contributed by atoms with E-state index in [0.29, 0.717) is 13.0 Å². The van der Waals surface area contributed by atoms with Crippen LogP contribution in [0.1, 0.15) is 6.42 Å². The van der Waals surface area contributed by atoms with E-state index >= 15 is 0 Å². The fraction of sp³-hybridized carbons (Fsp3) is 0.625. The predicted molar refractivity (Wildman–Crippen MR) is 51.0 cm³/mol. The number of nitrogens with two attached hydrogens (primary N) is 1. The van der Waals surface area contributed by atoms with Crippen LogP contribution in [-0.2, 0) is 14.4 Å². The maximum absolute atomic E-state index is 11.3. The van der Waals surface area contributed by atoms with Gasteiger partial charge in [0.15, 0.2) is 6.61 Å². The topological polar surface area (TPSA) is 122 Å². The molecular weight excluding hydrogens is 218 g/mol. The number of hydroxylamine groups is 1. The zero-order chi connectivity index (χ0) is 12.1. The summed E-state index contributed by atoms with van der Waals surface area (Å²) in [6.07, 6.45) is 0.516. The van der Waals surface area contributed by atoms with E-state index < -0.39 is 24.5 Å². The van der Waals surface area contributed by atoms with Crippen LogP contribution in [0, 0.1) is 5.92 Å². The number of likely N-dealkylation sites (tertiary alicyclic amines) is 1. The van der Waals surface area contributed by atoms with Crippen LogP contribution in [0.5, 0.6) is 0 Å². The third kappa shape index (κ3) is 3.39. The van der Waals surface area contributed by atoms with Crippen molar-refractivity contribution in [3.8, 4) is 0 Å². The molecule has 4 N–H and O–H groups in total. The van der Waals surface area contributed by atoms with E-state index in [2.05, 4.69) is 4.84 Å². The Morgan fingerprint density at radius 3 is 2.69 bits per heavy atom. The van der Waals surface area contributed by atoms with Crippen LogP contribution in [0.2, 0.25) is 0 Å². The molecule has 1 aliphatic heterocycles. The molecule has 1 atom stereocenters. The molecular formula is C8H13N3O5. The average Bonchev–Trinajstić information content (AvgIpc) is 2.65. The average molecular weight is 231 g/mol. The number of carbonyl (C=O) groups is 3. The Bertz CT molecular complexity index is 306. The Morgan fingerprint density at radius 2 is 2.19 bits per heavy atom. The van der Waals surface area contributed by atoms with E-state index in [1.54, 1.807) is 0 Å². The largest absolute Gasteiger partial charge is 0.479 e. The normalized spacial score (nSPS) is 19.5. The lowest BCUT2D eigenvalue weighted by atomic mass is 10.1. The molecule has 1 heterocycles. The molecule has 0 aromatic heterocycles. The van der Waals surface area contributed by atoms with Crippen LogP contribution in [-0.4, -0.2) is 47.6 Å². The fourth-order valence-electron chi connectivity index (χ4n) is 1.40. The molecule has 0 saturated carbocycles. The Labute approximate surface area is 91.3 Å². The van der Waals surface area contributed by atoms with Gasteiger partial charge in [-0.2, -0.15) is 0 Å². The third-order valence-electron chi connectivity index (χ3n) is 2.23. The molecule has 16 heavy (non-hydrogen) atoms. The molecule has 90 valence electrons. The van der Waals surface area contributed by atoms with Crippen LogP contribution < -0.4 is 11.2 Å². The van der Waals surface area contributed by atoms with Gasteiger partial charge in [-0.15, -0.1) is 0 Å². The van der Waals surface area contributed by atoms with Crippen molar-refractivity contribution in [1.29, 1.82) is 0 Å². The summed E-state index contributed by atoms with van der Waals surface area (Å²) in [6.45, 7) is 0.0201. The van der Waals surface area contributed by atoms with Gasteiger partial charge in [0.25, 0.3) is 0 Å². The minimum atomic E-state index is -1.18. The summed E-state index contributed by atoms with van der Waals surface area (Å²) < 4.78 is 0. The summed E-state index contributed by atoms with van der Waals surface area (Å²) >= 11 is 0. The van der Waals surface area contributed by atoms with Crippen molar-refractivity contribution in [3.63, 3.8) is 0 Å². The first-order valence-electron chi connectivity index (χ1n) is 4.68. The monoisotopic (exact) mass is 231 g/mol. The highest BCUT2D eigenvalue weighted by atomic mass is 16.7. The van der Waals surface area contributed by atoms with E-state index in [9.17, 15) is 14.4 Å². The minimum Gasteiger partial charge on any atom is -0.479 e. The first-order valence-corrected chi connectivity index (χ1v) is 4.68. The molecule has 1 rings (SSSR count). The molecule has 1 aliphatic rings. The number of urea groups is 1. The van der Waals surface area contributed by atoms with Crippen LogP contribution in [0.4, 0.5) is 4.79 Å². The van der Waals surface area contributed by atoms with Crippen LogP contribution >= 0.6 is 0 Å². The van der Waals surface area contributed by atoms with Crippen LogP contribution in [0.15, 0.2) is 0 Å². The second-order valence-corrected chi connectivity index (χ2v) is 3.42. The molecule has 1 fully saturated rings. The number of carboxylic acid groups (broad SMARTS) is 1. The van der Waals surface area contributed by atoms with Gasteiger partial charge in [-0.3, -0.25) is 9.63 Å². The molecule has 1 unspecified atom stereocenters. The van der Waals surface area contributed by atoms with Gasteiger partial charge in [0, 0.05) is 13.1 Å². The molecule has 0 radical (unpaired) electrons. The number of nitrogens with one attached hydrogen (secondary N) is 1. The highest BCUT2D eigenvalue weighted by Gasteiger charge is 2.29. The molecule has 8 nitrogen and oxygen atoms in total. The highest BCUT2D eigenvalue weighted by molar-refractivity contribution is 5.80. The van der Waals surface area contributed by atoms with Crippen LogP contribution in [0.25, 0.3) is 0 Å². The summed E-state index contributed by atoms with van der Waals surface area (Å²) in [5, 5.41) is 8.26. The Morgan fingerprint density at radius 1 is 1.50 bits per heavy atom. The Kier molecular flexibility index (Phi) is 4.06. The lowest BCUT2D eigenvalue weighted by molar-refractivity contribution is -0.144. The maximum atomic E-state index is 11.3. The van der Waals surface area contributed by atoms with E-state index in [4.69, 9.17) is 10.8 Å². The molecule has 0 aliphatic carbocycles. The standard InChI is InChI=1S/C8H13N3O5/c9-7(14)5-1-2-11(3-5)8(15)10-16-4-6(12)13/h5H,1-4H2,(H2,9,14)(H,10,15)(H,12,13). The smallest absolute Gasteiger partial charge is 0.341 e. The van der Waals surface area contributed by atoms with Crippen molar-refractivity contribution < 1.29 is 24.3 Å². The van der Waals surface area contributed by atoms with Crippen molar-refractivity contribution in [3.05, 3.63) is 0 Å². The van der Waals surface area contributed by atoms with Crippen LogP contribution in [0.3, 0.4) is 0 Å². The number of carboxylic acids is 1. The molecule has 0 spiro atoms. The summed E-state index contributed by atoms with van der Waals surface area (Å²) in [7, 11) is 0. The van der Waals surface area contributed by atoms with E-state index in [1.165, 1.54) is 4.90 Å². The minimum absolute atomic E-state index is 0.234. The summed E-state index contributed by atoms with van der Waals surface area (Å²) in [6, 6.07) is -0.565. The van der Waals surface area contributed by atoms with Gasteiger partial charge in [0.2, 0.25) is 5.91 Å². The number of primary amides is 1. The molecule has 0 aromatic rings. The van der Waals surface area contributed by atoms with Gasteiger partial charge in [-0.05, 0) is 6.42 Å². The summed E-state index contributed by atoms with van der Waals surface area (Å²) in [5.74, 6) is -1.97. The number of hydrogen-bond donors (Lipinski definition) is 3. The van der Waals surface area contributed by atoms with Gasteiger partial charge in [-0.25, -0.2) is 15.1 Å². The van der Waals surface area contributed by atoms with E-state index in [1.807, 2.05) is 5.48 Å². The number of rotatable bonds is 4. The first kappa shape index (κ1) is 12.2. The van der Waals surface area contributed by atoms with Crippen molar-refractivity contribution in [2.24, 2.45) is 11.7 Å². The number of hydrogen-bond acceptors (Lipinski definition) is 4. The summed E-state index contributed by atoms with van der Waals surface area (Å²) in [4.78, 5) is 38.0. The van der Waals surface area contributed by atoms with Gasteiger partial charge in [-0.1, -0.05) is 0 Å². The van der Waals surface area contributed by atoms with E-state index in [-0.39, 0.29) is 12.5 Å². The number of nitrogens with zero attached hydrogens (tertiary/aromatic N) is 1. The lowest BCUT2D eigenvalue weighted by Gasteiger charge is -2.15. The fourth-order valence-corrected chi connectivity index (χ4v) is 1.40. The quantitative estimate of drug-likeness (QED) is 0.509. The van der Waals surface area contributed by atoms with Gasteiger partial charge in [0.05, 0.1) is 5.92 Å². The SMILES string of the molecule is NC(=O)C1CCN(C(=O)NOCC(=O)O)C1. The first-order chi connectivity index (χ1) is 7.50. The zero-order valence-corrected chi connectivity index (χ0v) is 8.51. The highest BCUT2D eigenvalue weighted by Crippen LogP contribution is 2.15. The number of aliphatic carboxylic acids is 1. The molecule has 1 saturated heterocycles. The number of carbonyl (C=O) groups excluding carboxylic acids is 2. The van der Waals surface area contributed by atoms with Gasteiger partial charge in [0.1, 0.15) is 0 Å².